The topological polar surface area (TPSA) is 145 Å². The molecule has 0 radical (unpaired) electrons. The van der Waals surface area contributed by atoms with Crippen LogP contribution in [0.1, 0.15) is 37.7 Å². The van der Waals surface area contributed by atoms with E-state index in [1.54, 1.807) is 33.2 Å². The van der Waals surface area contributed by atoms with E-state index in [1.165, 1.54) is 15.3 Å². The van der Waals surface area contributed by atoms with Crippen molar-refractivity contribution in [3.05, 3.63) is 23.8 Å². The number of morpholine rings is 1. The number of imide groups is 1. The van der Waals surface area contributed by atoms with Crippen molar-refractivity contribution in [1.29, 1.82) is 0 Å². The van der Waals surface area contributed by atoms with Crippen LogP contribution in [-0.2, 0) is 29.1 Å². The Bertz CT molecular complexity index is 1130. The quantitative estimate of drug-likeness (QED) is 0.405. The van der Waals surface area contributed by atoms with Gasteiger partial charge in [-0.25, -0.2) is 13.2 Å². The van der Waals surface area contributed by atoms with E-state index >= 15 is 0 Å². The molecule has 13 heteroatoms. The maximum atomic E-state index is 13.0. The molecule has 0 unspecified atom stereocenters. The van der Waals surface area contributed by atoms with Gasteiger partial charge in [-0.2, -0.15) is 4.31 Å². The number of ether oxygens (including phenoxy) is 1. The molecule has 1 aliphatic carbocycles. The molecule has 1 aromatic rings. The Hall–Kier alpha value is -3.03. The fourth-order valence-electron chi connectivity index (χ4n) is 4.54. The summed E-state index contributed by atoms with van der Waals surface area (Å²) < 4.78 is 32.7. The molecule has 2 saturated heterocycles. The van der Waals surface area contributed by atoms with E-state index in [2.05, 4.69) is 10.6 Å². The van der Waals surface area contributed by atoms with Gasteiger partial charge >= 0.3 is 6.03 Å². The number of amides is 5. The van der Waals surface area contributed by atoms with E-state index in [9.17, 15) is 27.6 Å². The van der Waals surface area contributed by atoms with E-state index < -0.39 is 34.0 Å². The highest BCUT2D eigenvalue weighted by Crippen LogP contribution is 2.33. The fraction of sp³-hybridized carbons (Fsp3) is 0.583. The smallest absolute Gasteiger partial charge is 0.325 e. The molecule has 2 aliphatic heterocycles. The number of urea groups is 1. The molecular formula is C24H35N5O7S. The molecular weight excluding hydrogens is 502 g/mol. The monoisotopic (exact) mass is 537 g/mol. The number of nitrogens with one attached hydrogen (secondary N) is 2. The Morgan fingerprint density at radius 2 is 1.78 bits per heavy atom. The normalized spacial score (nSPS) is 19.6. The van der Waals surface area contributed by atoms with Crippen molar-refractivity contribution < 1.29 is 32.3 Å². The lowest BCUT2D eigenvalue weighted by molar-refractivity contribution is -0.134. The van der Waals surface area contributed by atoms with Crippen LogP contribution in [0.4, 0.5) is 10.5 Å². The van der Waals surface area contributed by atoms with Crippen molar-refractivity contribution in [2.24, 2.45) is 0 Å². The van der Waals surface area contributed by atoms with Crippen molar-refractivity contribution in [3.8, 4) is 0 Å². The molecule has 0 aromatic heterocycles. The number of carbonyl (C=O) groups is 4. The summed E-state index contributed by atoms with van der Waals surface area (Å²) in [5.74, 6) is -0.934. The van der Waals surface area contributed by atoms with Gasteiger partial charge in [-0.1, -0.05) is 25.3 Å². The number of carbonyl (C=O) groups excluding carboxylic acids is 4. The predicted molar refractivity (Wildman–Crippen MR) is 135 cm³/mol. The Kier molecular flexibility index (Phi) is 9.26. The van der Waals surface area contributed by atoms with Crippen molar-refractivity contribution in [2.45, 2.75) is 49.5 Å². The molecule has 5 amide bonds. The Labute approximate surface area is 217 Å². The van der Waals surface area contributed by atoms with Crippen LogP contribution in [-0.4, -0.2) is 99.3 Å². The molecule has 4 rings (SSSR count). The zero-order valence-electron chi connectivity index (χ0n) is 21.5. The summed E-state index contributed by atoms with van der Waals surface area (Å²) in [4.78, 5) is 49.8. The summed E-state index contributed by atoms with van der Waals surface area (Å²) in [5, 5.41) is 5.40. The Balaban J connectivity index is 0.000000695. The van der Waals surface area contributed by atoms with Gasteiger partial charge in [-0.05, 0) is 37.5 Å². The zero-order valence-corrected chi connectivity index (χ0v) is 22.3. The highest BCUT2D eigenvalue weighted by atomic mass is 32.2. The molecule has 3 aliphatic rings. The van der Waals surface area contributed by atoms with Gasteiger partial charge in [-0.15, -0.1) is 0 Å². The number of anilines is 1. The molecule has 1 spiro atoms. The summed E-state index contributed by atoms with van der Waals surface area (Å²) in [6.45, 7) is 2.48. The third-order valence-electron chi connectivity index (χ3n) is 6.53. The maximum absolute atomic E-state index is 13.0. The first-order valence-corrected chi connectivity index (χ1v) is 13.7. The summed E-state index contributed by atoms with van der Waals surface area (Å²) in [6.07, 6.45) is 4.65. The molecule has 12 nitrogen and oxygen atoms in total. The van der Waals surface area contributed by atoms with E-state index in [1.807, 2.05) is 0 Å². The van der Waals surface area contributed by atoms with Crippen molar-refractivity contribution in [3.63, 3.8) is 0 Å². The van der Waals surface area contributed by atoms with Crippen LogP contribution in [0.25, 0.3) is 0 Å². The minimum absolute atomic E-state index is 0.105. The number of aryl methyl sites for hydroxylation is 1. The molecule has 3 fully saturated rings. The highest BCUT2D eigenvalue weighted by Gasteiger charge is 2.51. The van der Waals surface area contributed by atoms with Gasteiger partial charge in [0.15, 0.2) is 0 Å². The van der Waals surface area contributed by atoms with Crippen LogP contribution < -0.4 is 10.6 Å². The number of rotatable bonds is 6. The third-order valence-corrected chi connectivity index (χ3v) is 8.57. The summed E-state index contributed by atoms with van der Waals surface area (Å²) in [7, 11) is -0.361. The first-order valence-electron chi connectivity index (χ1n) is 12.2. The first-order chi connectivity index (χ1) is 17.5. The summed E-state index contributed by atoms with van der Waals surface area (Å²) in [5.41, 5.74) is -0.0477. The number of benzene rings is 1. The predicted octanol–water partition coefficient (Wildman–Crippen LogP) is 0.914. The van der Waals surface area contributed by atoms with E-state index in [0.29, 0.717) is 31.6 Å². The maximum Gasteiger partial charge on any atom is 0.325 e. The van der Waals surface area contributed by atoms with Gasteiger partial charge in [0, 0.05) is 32.9 Å². The second-order valence-corrected chi connectivity index (χ2v) is 11.5. The molecule has 204 valence electrons. The van der Waals surface area contributed by atoms with Crippen LogP contribution in [0.2, 0.25) is 0 Å². The minimum Gasteiger partial charge on any atom is -0.379 e. The molecule has 0 atom stereocenters. The van der Waals surface area contributed by atoms with Gasteiger partial charge in [0.25, 0.3) is 5.91 Å². The van der Waals surface area contributed by atoms with E-state index in [4.69, 9.17) is 4.74 Å². The van der Waals surface area contributed by atoms with Crippen LogP contribution >= 0.6 is 0 Å². The Morgan fingerprint density at radius 1 is 1.16 bits per heavy atom. The van der Waals surface area contributed by atoms with Crippen molar-refractivity contribution in [1.82, 2.24) is 19.4 Å². The molecule has 2 heterocycles. The lowest BCUT2D eigenvalue weighted by atomic mass is 9.82. The van der Waals surface area contributed by atoms with Crippen LogP contribution in [0.3, 0.4) is 0 Å². The van der Waals surface area contributed by atoms with Gasteiger partial charge < -0.3 is 20.3 Å². The second-order valence-electron chi connectivity index (χ2n) is 9.58. The van der Waals surface area contributed by atoms with Gasteiger partial charge in [-0.3, -0.25) is 19.3 Å². The van der Waals surface area contributed by atoms with Crippen molar-refractivity contribution in [2.75, 3.05) is 52.3 Å². The zero-order chi connectivity index (χ0) is 27.2. The lowest BCUT2D eigenvalue weighted by Crippen LogP contribution is -2.48. The summed E-state index contributed by atoms with van der Waals surface area (Å²) in [6, 6.07) is 4.06. The van der Waals surface area contributed by atoms with Crippen LogP contribution in [0.5, 0.6) is 0 Å². The number of hydrogen-bond donors (Lipinski definition) is 2. The number of sulfonamides is 1. The van der Waals surface area contributed by atoms with Crippen molar-refractivity contribution >= 4 is 40.0 Å². The largest absolute Gasteiger partial charge is 0.379 e. The van der Waals surface area contributed by atoms with Crippen LogP contribution in [0.15, 0.2) is 23.1 Å². The van der Waals surface area contributed by atoms with E-state index in [0.717, 1.165) is 30.6 Å². The SMILES string of the molecule is CN(C)C=O.Cc1ccc(NC(=O)CN2C(=O)NC3(CCCCC3)C2=O)cc1S(=O)(=O)N1CCOCC1. The average Bonchev–Trinajstić information content (AvgIpc) is 3.10. The van der Waals surface area contributed by atoms with Gasteiger partial charge in [0.2, 0.25) is 22.3 Å². The molecule has 0 bridgehead atoms. The molecule has 37 heavy (non-hydrogen) atoms. The molecule has 2 N–H and O–H groups in total. The molecule has 1 aromatic carbocycles. The average molecular weight is 538 g/mol. The summed E-state index contributed by atoms with van der Waals surface area (Å²) >= 11 is 0. The standard InChI is InChI=1S/C21H28N4O6S.C3H7NO/c1-15-5-6-16(13-17(15)32(29,30)24-9-11-31-12-10-24)22-18(26)14-25-19(27)21(23-20(25)28)7-3-2-4-8-21;1-4(2)3-5/h5-6,13H,2-4,7-12,14H2,1H3,(H,22,26)(H,23,28);3H,1-2H3. The molecule has 1 saturated carbocycles. The van der Waals surface area contributed by atoms with Gasteiger partial charge in [0.05, 0.1) is 18.1 Å². The highest BCUT2D eigenvalue weighted by molar-refractivity contribution is 7.89. The number of nitrogens with zero attached hydrogens (tertiary/aromatic N) is 3. The Morgan fingerprint density at radius 3 is 2.38 bits per heavy atom. The second kappa shape index (κ2) is 12.0. The minimum atomic E-state index is -3.74. The number of hydrogen-bond acceptors (Lipinski definition) is 7. The van der Waals surface area contributed by atoms with Crippen LogP contribution in [0, 0.1) is 6.92 Å². The third kappa shape index (κ3) is 6.65. The van der Waals surface area contributed by atoms with Gasteiger partial charge in [0.1, 0.15) is 12.1 Å². The fourth-order valence-corrected chi connectivity index (χ4v) is 6.20. The lowest BCUT2D eigenvalue weighted by Gasteiger charge is -2.30. The van der Waals surface area contributed by atoms with E-state index in [-0.39, 0.29) is 29.6 Å². The first kappa shape index (κ1) is 28.5.